The summed E-state index contributed by atoms with van der Waals surface area (Å²) in [5, 5.41) is 11.0. The molecule has 1 aliphatic heterocycles. The number of carbonyl (C=O) groups is 2. The molecular formula is C12H19F3N2O4. The van der Waals surface area contributed by atoms with Crippen molar-refractivity contribution in [3.05, 3.63) is 0 Å². The van der Waals surface area contributed by atoms with Crippen LogP contribution in [0.15, 0.2) is 0 Å². The van der Waals surface area contributed by atoms with Crippen molar-refractivity contribution in [3.8, 4) is 0 Å². The molecular weight excluding hydrogens is 293 g/mol. The van der Waals surface area contributed by atoms with E-state index in [0.717, 1.165) is 0 Å². The Morgan fingerprint density at radius 3 is 2.19 bits per heavy atom. The number of aliphatic carboxylic acids is 1. The summed E-state index contributed by atoms with van der Waals surface area (Å²) < 4.78 is 41.8. The maximum Gasteiger partial charge on any atom is 0.410 e. The van der Waals surface area contributed by atoms with E-state index in [2.05, 4.69) is 5.32 Å². The number of carboxylic acid groups (broad SMARTS) is 1. The number of alkyl halides is 3. The molecule has 0 unspecified atom stereocenters. The molecule has 0 aromatic rings. The maximum atomic E-state index is 12.2. The summed E-state index contributed by atoms with van der Waals surface area (Å²) in [6, 6.07) is 0. The predicted molar refractivity (Wildman–Crippen MR) is 66.8 cm³/mol. The average molecular weight is 312 g/mol. The second kappa shape index (κ2) is 5.70. The number of carboxylic acids is 1. The Morgan fingerprint density at radius 2 is 1.81 bits per heavy atom. The van der Waals surface area contributed by atoms with Crippen molar-refractivity contribution in [1.82, 2.24) is 10.2 Å². The first-order valence-corrected chi connectivity index (χ1v) is 6.33. The molecule has 122 valence electrons. The van der Waals surface area contributed by atoms with Gasteiger partial charge in [0.15, 0.2) is 0 Å². The molecule has 6 nitrogen and oxygen atoms in total. The van der Waals surface area contributed by atoms with Crippen LogP contribution in [-0.4, -0.2) is 59.0 Å². The van der Waals surface area contributed by atoms with E-state index in [1.54, 1.807) is 20.8 Å². The highest BCUT2D eigenvalue weighted by molar-refractivity contribution is 5.73. The van der Waals surface area contributed by atoms with Gasteiger partial charge < -0.3 is 14.7 Å². The Balaban J connectivity index is 2.61. The number of hydrogen-bond acceptors (Lipinski definition) is 4. The Hall–Kier alpha value is -1.51. The van der Waals surface area contributed by atoms with E-state index in [1.807, 2.05) is 0 Å². The van der Waals surface area contributed by atoms with Gasteiger partial charge in [-0.15, -0.1) is 0 Å². The zero-order chi connectivity index (χ0) is 16.5. The highest BCUT2D eigenvalue weighted by atomic mass is 19.4. The highest BCUT2D eigenvalue weighted by Crippen LogP contribution is 2.28. The van der Waals surface area contributed by atoms with Crippen LogP contribution in [0.3, 0.4) is 0 Å². The molecule has 0 radical (unpaired) electrons. The molecule has 1 fully saturated rings. The van der Waals surface area contributed by atoms with Crippen LogP contribution in [0.2, 0.25) is 0 Å². The third-order valence-electron chi connectivity index (χ3n) is 2.79. The first kappa shape index (κ1) is 17.5. The van der Waals surface area contributed by atoms with Crippen LogP contribution in [0.1, 0.15) is 27.2 Å². The van der Waals surface area contributed by atoms with Gasteiger partial charge in [-0.1, -0.05) is 0 Å². The summed E-state index contributed by atoms with van der Waals surface area (Å²) in [5.74, 6) is -1.23. The summed E-state index contributed by atoms with van der Waals surface area (Å²) in [6.07, 6.45) is -5.61. The fourth-order valence-electron chi connectivity index (χ4n) is 2.00. The van der Waals surface area contributed by atoms with Gasteiger partial charge in [-0.05, 0) is 20.8 Å². The van der Waals surface area contributed by atoms with Gasteiger partial charge >= 0.3 is 18.2 Å². The van der Waals surface area contributed by atoms with Gasteiger partial charge in [0.1, 0.15) is 5.60 Å². The zero-order valence-corrected chi connectivity index (χ0v) is 12.1. The molecule has 1 aliphatic rings. The molecule has 0 saturated carbocycles. The molecule has 0 bridgehead atoms. The van der Waals surface area contributed by atoms with Crippen molar-refractivity contribution in [2.75, 3.05) is 19.6 Å². The number of halogens is 3. The van der Waals surface area contributed by atoms with E-state index >= 15 is 0 Å². The molecule has 2 N–H and O–H groups in total. The summed E-state index contributed by atoms with van der Waals surface area (Å²) in [4.78, 5) is 23.7. The van der Waals surface area contributed by atoms with E-state index in [-0.39, 0.29) is 13.1 Å². The minimum Gasteiger partial charge on any atom is -0.481 e. The van der Waals surface area contributed by atoms with Crippen LogP contribution in [0.5, 0.6) is 0 Å². The number of amides is 1. The van der Waals surface area contributed by atoms with Gasteiger partial charge in [-0.2, -0.15) is 13.2 Å². The lowest BCUT2D eigenvalue weighted by molar-refractivity contribution is -0.147. The maximum absolute atomic E-state index is 12.2. The normalized spacial score (nSPS) is 18.1. The second-order valence-corrected chi connectivity index (χ2v) is 6.16. The molecule has 1 amide bonds. The van der Waals surface area contributed by atoms with E-state index < -0.39 is 42.3 Å². The van der Waals surface area contributed by atoms with Crippen molar-refractivity contribution >= 4 is 12.1 Å². The lowest BCUT2D eigenvalue weighted by atomic mass is 9.86. The van der Waals surface area contributed by atoms with Gasteiger partial charge in [-0.25, -0.2) is 4.79 Å². The summed E-state index contributed by atoms with van der Waals surface area (Å²) in [6.45, 7) is 3.42. The number of rotatable bonds is 4. The lowest BCUT2D eigenvalue weighted by Crippen LogP contribution is -2.72. The fourth-order valence-corrected chi connectivity index (χ4v) is 2.00. The van der Waals surface area contributed by atoms with E-state index in [1.165, 1.54) is 4.90 Å². The number of nitrogens with zero attached hydrogens (tertiary/aromatic N) is 1. The van der Waals surface area contributed by atoms with E-state index in [4.69, 9.17) is 9.84 Å². The van der Waals surface area contributed by atoms with Crippen LogP contribution in [0.4, 0.5) is 18.0 Å². The summed E-state index contributed by atoms with van der Waals surface area (Å²) in [7, 11) is 0. The number of ether oxygens (including phenoxy) is 1. The van der Waals surface area contributed by atoms with Crippen LogP contribution in [0, 0.1) is 0 Å². The van der Waals surface area contributed by atoms with E-state index in [9.17, 15) is 22.8 Å². The van der Waals surface area contributed by atoms with Gasteiger partial charge in [0.2, 0.25) is 0 Å². The van der Waals surface area contributed by atoms with Crippen LogP contribution < -0.4 is 5.32 Å². The fraction of sp³-hybridized carbons (Fsp3) is 0.833. The van der Waals surface area contributed by atoms with Gasteiger partial charge in [0.05, 0.1) is 18.5 Å². The van der Waals surface area contributed by atoms with Crippen LogP contribution >= 0.6 is 0 Å². The van der Waals surface area contributed by atoms with Crippen molar-refractivity contribution < 1.29 is 32.6 Å². The van der Waals surface area contributed by atoms with Crippen LogP contribution in [0.25, 0.3) is 0 Å². The predicted octanol–water partition coefficient (Wildman–Crippen LogP) is 1.60. The first-order chi connectivity index (χ1) is 9.32. The third kappa shape index (κ3) is 5.78. The molecule has 9 heteroatoms. The standard InChI is InChI=1S/C12H19F3N2O4/c1-10(2,3)21-9(20)17-6-11(7-17,4-8(18)19)16-5-12(13,14)15/h16H,4-7H2,1-3H3,(H,18,19). The van der Waals surface area contributed by atoms with Crippen LogP contribution in [-0.2, 0) is 9.53 Å². The largest absolute Gasteiger partial charge is 0.481 e. The SMILES string of the molecule is CC(C)(C)OC(=O)N1CC(CC(=O)O)(NCC(F)(F)F)C1. The molecule has 0 aromatic heterocycles. The minimum absolute atomic E-state index is 0.135. The van der Waals surface area contributed by atoms with Crippen molar-refractivity contribution in [1.29, 1.82) is 0 Å². The van der Waals surface area contributed by atoms with Gasteiger partial charge in [0, 0.05) is 13.1 Å². The number of hydrogen-bond donors (Lipinski definition) is 2. The number of nitrogens with one attached hydrogen (secondary N) is 1. The molecule has 0 aromatic carbocycles. The molecule has 1 rings (SSSR count). The van der Waals surface area contributed by atoms with Gasteiger partial charge in [0.25, 0.3) is 0 Å². The highest BCUT2D eigenvalue weighted by Gasteiger charge is 2.49. The van der Waals surface area contributed by atoms with Crippen molar-refractivity contribution in [3.63, 3.8) is 0 Å². The minimum atomic E-state index is -4.45. The molecule has 1 saturated heterocycles. The van der Waals surface area contributed by atoms with Crippen molar-refractivity contribution in [2.45, 2.75) is 44.5 Å². The molecule has 0 atom stereocenters. The first-order valence-electron chi connectivity index (χ1n) is 6.33. The molecule has 21 heavy (non-hydrogen) atoms. The smallest absolute Gasteiger partial charge is 0.410 e. The number of carbonyl (C=O) groups excluding carboxylic acids is 1. The molecule has 0 spiro atoms. The average Bonchev–Trinajstić information content (AvgIpc) is 2.16. The third-order valence-corrected chi connectivity index (χ3v) is 2.79. The number of likely N-dealkylation sites (tertiary alicyclic amines) is 1. The Bertz CT molecular complexity index is 412. The monoisotopic (exact) mass is 312 g/mol. The topological polar surface area (TPSA) is 78.9 Å². The molecule has 0 aliphatic carbocycles. The van der Waals surface area contributed by atoms with Crippen molar-refractivity contribution in [2.24, 2.45) is 0 Å². The zero-order valence-electron chi connectivity index (χ0n) is 12.1. The van der Waals surface area contributed by atoms with Gasteiger partial charge in [-0.3, -0.25) is 10.1 Å². The quantitative estimate of drug-likeness (QED) is 0.824. The Labute approximate surface area is 120 Å². The Kier molecular flexibility index (Phi) is 4.76. The lowest BCUT2D eigenvalue weighted by Gasteiger charge is -2.49. The summed E-state index contributed by atoms with van der Waals surface area (Å²) >= 11 is 0. The Morgan fingerprint density at radius 1 is 1.29 bits per heavy atom. The van der Waals surface area contributed by atoms with E-state index in [0.29, 0.717) is 0 Å². The molecule has 1 heterocycles. The second-order valence-electron chi connectivity index (χ2n) is 6.16. The summed E-state index contributed by atoms with van der Waals surface area (Å²) in [5.41, 5.74) is -1.99.